The van der Waals surface area contributed by atoms with Crippen LogP contribution in [0, 0.1) is 0 Å². The van der Waals surface area contributed by atoms with E-state index in [4.69, 9.17) is 0 Å². The van der Waals surface area contributed by atoms with Gasteiger partial charge in [-0.2, -0.15) is 0 Å². The summed E-state index contributed by atoms with van der Waals surface area (Å²) in [7, 11) is -2.91. The molecule has 0 aromatic carbocycles. The second-order valence-corrected chi connectivity index (χ2v) is 8.25. The number of sulfone groups is 1. The molecule has 0 unspecified atom stereocenters. The van der Waals surface area contributed by atoms with Crippen LogP contribution < -0.4 is 5.32 Å². The summed E-state index contributed by atoms with van der Waals surface area (Å²) in [6.45, 7) is 9.54. The van der Waals surface area contributed by atoms with Crippen molar-refractivity contribution in [2.45, 2.75) is 52.7 Å². The minimum absolute atomic E-state index is 0.0589. The van der Waals surface area contributed by atoms with Crippen LogP contribution in [0.2, 0.25) is 0 Å². The molecule has 5 heteroatoms. The topological polar surface area (TPSA) is 51.1 Å². The van der Waals surface area contributed by atoms with Crippen molar-refractivity contribution in [2.24, 2.45) is 0 Å². The number of aryl methyl sites for hydroxylation is 1. The summed E-state index contributed by atoms with van der Waals surface area (Å²) >= 11 is 0. The standard InChI is InChI=1S/C14H26N2O2S/c1-5-10-19(17,18)11-9-16-8-6-7-13(16)12-15-14(2,3)4/h6-8,15H,5,9-12H2,1-4H3. The van der Waals surface area contributed by atoms with Crippen molar-refractivity contribution < 1.29 is 8.42 Å². The van der Waals surface area contributed by atoms with Gasteiger partial charge in [-0.25, -0.2) is 8.42 Å². The summed E-state index contributed by atoms with van der Waals surface area (Å²) in [5.41, 5.74) is 1.19. The quantitative estimate of drug-likeness (QED) is 0.836. The van der Waals surface area contributed by atoms with E-state index in [2.05, 4.69) is 26.1 Å². The highest BCUT2D eigenvalue weighted by Crippen LogP contribution is 2.07. The highest BCUT2D eigenvalue weighted by molar-refractivity contribution is 7.91. The van der Waals surface area contributed by atoms with Gasteiger partial charge in [0.25, 0.3) is 0 Å². The lowest BCUT2D eigenvalue weighted by Crippen LogP contribution is -2.35. The van der Waals surface area contributed by atoms with E-state index in [1.54, 1.807) is 0 Å². The van der Waals surface area contributed by atoms with Gasteiger partial charge in [-0.05, 0) is 39.3 Å². The molecule has 1 rings (SSSR count). The van der Waals surface area contributed by atoms with Gasteiger partial charge < -0.3 is 9.88 Å². The molecule has 0 saturated heterocycles. The van der Waals surface area contributed by atoms with Crippen molar-refractivity contribution >= 4 is 9.84 Å². The molecule has 1 aromatic heterocycles. The van der Waals surface area contributed by atoms with Crippen molar-refractivity contribution in [3.63, 3.8) is 0 Å². The molecule has 19 heavy (non-hydrogen) atoms. The number of nitrogens with one attached hydrogen (secondary N) is 1. The predicted molar refractivity (Wildman–Crippen MR) is 80.0 cm³/mol. The molecule has 110 valence electrons. The van der Waals surface area contributed by atoms with Crippen LogP contribution >= 0.6 is 0 Å². The number of hydrogen-bond donors (Lipinski definition) is 1. The number of rotatable bonds is 7. The average Bonchev–Trinajstić information content (AvgIpc) is 2.70. The second kappa shape index (κ2) is 6.57. The van der Waals surface area contributed by atoms with Gasteiger partial charge in [0, 0.05) is 36.3 Å². The number of aromatic nitrogens is 1. The Morgan fingerprint density at radius 1 is 1.26 bits per heavy atom. The zero-order valence-electron chi connectivity index (χ0n) is 12.4. The van der Waals surface area contributed by atoms with E-state index in [0.29, 0.717) is 13.0 Å². The monoisotopic (exact) mass is 286 g/mol. The van der Waals surface area contributed by atoms with Crippen molar-refractivity contribution in [3.05, 3.63) is 24.0 Å². The molecular weight excluding hydrogens is 260 g/mol. The summed E-state index contributed by atoms with van der Waals surface area (Å²) in [6, 6.07) is 4.00. The van der Waals surface area contributed by atoms with Gasteiger partial charge >= 0.3 is 0 Å². The lowest BCUT2D eigenvalue weighted by Gasteiger charge is -2.21. The van der Waals surface area contributed by atoms with Gasteiger partial charge in [0.15, 0.2) is 9.84 Å². The maximum Gasteiger partial charge on any atom is 0.152 e. The Balaban J connectivity index is 2.58. The van der Waals surface area contributed by atoms with Crippen molar-refractivity contribution in [1.82, 2.24) is 9.88 Å². The van der Waals surface area contributed by atoms with Crippen LogP contribution in [-0.2, 0) is 22.9 Å². The minimum Gasteiger partial charge on any atom is -0.349 e. The normalized spacial score (nSPS) is 12.8. The third kappa shape index (κ3) is 6.25. The van der Waals surface area contributed by atoms with Crippen LogP contribution in [0.3, 0.4) is 0 Å². The second-order valence-electron chi connectivity index (χ2n) is 5.95. The highest BCUT2D eigenvalue weighted by Gasteiger charge is 2.12. The lowest BCUT2D eigenvalue weighted by molar-refractivity contribution is 0.416. The summed E-state index contributed by atoms with van der Waals surface area (Å²) in [5.74, 6) is 0.502. The van der Waals surface area contributed by atoms with E-state index >= 15 is 0 Å². The van der Waals surface area contributed by atoms with E-state index in [1.807, 2.05) is 29.8 Å². The largest absolute Gasteiger partial charge is 0.349 e. The molecule has 0 spiro atoms. The van der Waals surface area contributed by atoms with Gasteiger partial charge in [0.05, 0.1) is 5.75 Å². The first-order valence-electron chi connectivity index (χ1n) is 6.83. The summed E-state index contributed by atoms with van der Waals surface area (Å²) in [5, 5.41) is 3.42. The summed E-state index contributed by atoms with van der Waals surface area (Å²) < 4.78 is 25.5. The zero-order valence-corrected chi connectivity index (χ0v) is 13.3. The van der Waals surface area contributed by atoms with Crippen LogP contribution in [0.4, 0.5) is 0 Å². The zero-order chi connectivity index (χ0) is 14.5. The SMILES string of the molecule is CCCS(=O)(=O)CCn1cccc1CNC(C)(C)C. The molecule has 0 radical (unpaired) electrons. The fraction of sp³-hybridized carbons (Fsp3) is 0.714. The van der Waals surface area contributed by atoms with Crippen LogP contribution in [0.25, 0.3) is 0 Å². The Bertz CT molecular complexity index is 484. The smallest absolute Gasteiger partial charge is 0.152 e. The third-order valence-electron chi connectivity index (χ3n) is 2.88. The van der Waals surface area contributed by atoms with E-state index in [1.165, 1.54) is 0 Å². The summed E-state index contributed by atoms with van der Waals surface area (Å²) in [6.07, 6.45) is 2.63. The first kappa shape index (κ1) is 16.2. The molecule has 1 N–H and O–H groups in total. The van der Waals surface area contributed by atoms with E-state index in [0.717, 1.165) is 12.2 Å². The Hall–Kier alpha value is -0.810. The molecule has 0 aliphatic heterocycles. The minimum atomic E-state index is -2.91. The Kier molecular flexibility index (Phi) is 5.62. The molecule has 0 aliphatic carbocycles. The summed E-state index contributed by atoms with van der Waals surface area (Å²) in [4.78, 5) is 0. The fourth-order valence-corrected chi connectivity index (χ4v) is 3.14. The molecular formula is C14H26N2O2S. The lowest BCUT2D eigenvalue weighted by atomic mass is 10.1. The van der Waals surface area contributed by atoms with E-state index in [9.17, 15) is 8.42 Å². The maximum absolute atomic E-state index is 11.7. The van der Waals surface area contributed by atoms with Crippen molar-refractivity contribution in [1.29, 1.82) is 0 Å². The Morgan fingerprint density at radius 3 is 2.53 bits per heavy atom. The Morgan fingerprint density at radius 2 is 1.95 bits per heavy atom. The van der Waals surface area contributed by atoms with Crippen molar-refractivity contribution in [2.75, 3.05) is 11.5 Å². The Labute approximate surface area is 117 Å². The average molecular weight is 286 g/mol. The van der Waals surface area contributed by atoms with Crippen LogP contribution in [0.1, 0.15) is 39.8 Å². The van der Waals surface area contributed by atoms with Gasteiger partial charge in [-0.3, -0.25) is 0 Å². The molecule has 0 atom stereocenters. The van der Waals surface area contributed by atoms with E-state index < -0.39 is 9.84 Å². The molecule has 0 fully saturated rings. The number of hydrogen-bond acceptors (Lipinski definition) is 3. The molecule has 1 aromatic rings. The molecule has 1 heterocycles. The van der Waals surface area contributed by atoms with Gasteiger partial charge in [0.2, 0.25) is 0 Å². The maximum atomic E-state index is 11.7. The van der Waals surface area contributed by atoms with Gasteiger partial charge in [-0.1, -0.05) is 6.92 Å². The molecule has 0 aliphatic rings. The van der Waals surface area contributed by atoms with E-state index in [-0.39, 0.29) is 17.0 Å². The van der Waals surface area contributed by atoms with Gasteiger partial charge in [0.1, 0.15) is 0 Å². The van der Waals surface area contributed by atoms with Crippen LogP contribution in [-0.4, -0.2) is 30.0 Å². The molecule has 0 saturated carbocycles. The molecule has 0 amide bonds. The molecule has 4 nitrogen and oxygen atoms in total. The predicted octanol–water partition coefficient (Wildman–Crippen LogP) is 2.20. The first-order valence-corrected chi connectivity index (χ1v) is 8.65. The molecule has 0 bridgehead atoms. The third-order valence-corrected chi connectivity index (χ3v) is 4.72. The van der Waals surface area contributed by atoms with Crippen molar-refractivity contribution in [3.8, 4) is 0 Å². The highest BCUT2D eigenvalue weighted by atomic mass is 32.2. The first-order chi connectivity index (χ1) is 8.73. The van der Waals surface area contributed by atoms with Gasteiger partial charge in [-0.15, -0.1) is 0 Å². The fourth-order valence-electron chi connectivity index (χ4n) is 1.83. The van der Waals surface area contributed by atoms with Crippen LogP contribution in [0.15, 0.2) is 18.3 Å². The number of nitrogens with zero attached hydrogens (tertiary/aromatic N) is 1. The van der Waals surface area contributed by atoms with Crippen LogP contribution in [0.5, 0.6) is 0 Å².